The molecule has 1 aromatic rings. The molecule has 0 fully saturated rings. The first-order chi connectivity index (χ1) is 9.08. The summed E-state index contributed by atoms with van der Waals surface area (Å²) >= 11 is 0. The zero-order valence-electron chi connectivity index (χ0n) is 12.7. The predicted octanol–water partition coefficient (Wildman–Crippen LogP) is 2.27. The van der Waals surface area contributed by atoms with Gasteiger partial charge in [0.15, 0.2) is 0 Å². The molecule has 1 rings (SSSR count). The molecule has 19 heavy (non-hydrogen) atoms. The largest absolute Gasteiger partial charge is 0.387 e. The Balaban J connectivity index is 2.34. The highest BCUT2D eigenvalue weighted by atomic mass is 16.3. The Morgan fingerprint density at radius 1 is 1.16 bits per heavy atom. The molecule has 0 bridgehead atoms. The molecule has 0 radical (unpaired) electrons. The lowest BCUT2D eigenvalue weighted by molar-refractivity contribution is 0.172. The molecule has 0 amide bonds. The van der Waals surface area contributed by atoms with E-state index in [1.54, 1.807) is 0 Å². The van der Waals surface area contributed by atoms with Gasteiger partial charge in [-0.3, -0.25) is 0 Å². The van der Waals surface area contributed by atoms with Gasteiger partial charge in [-0.25, -0.2) is 0 Å². The summed E-state index contributed by atoms with van der Waals surface area (Å²) < 4.78 is 0. The number of rotatable bonds is 8. The summed E-state index contributed by atoms with van der Waals surface area (Å²) in [5, 5.41) is 13.5. The molecule has 3 heteroatoms. The number of nitrogens with zero attached hydrogens (tertiary/aromatic N) is 1. The van der Waals surface area contributed by atoms with Crippen LogP contribution in [-0.2, 0) is 0 Å². The van der Waals surface area contributed by atoms with Crippen LogP contribution in [0, 0.1) is 13.8 Å². The molecule has 3 nitrogen and oxygen atoms in total. The van der Waals surface area contributed by atoms with Crippen molar-refractivity contribution in [2.45, 2.75) is 33.8 Å². The van der Waals surface area contributed by atoms with Gasteiger partial charge in [0.2, 0.25) is 0 Å². The Morgan fingerprint density at radius 3 is 2.42 bits per heavy atom. The molecule has 0 aliphatic rings. The van der Waals surface area contributed by atoms with Crippen LogP contribution in [0.25, 0.3) is 0 Å². The molecule has 2 N–H and O–H groups in total. The molecule has 0 saturated heterocycles. The molecule has 0 aromatic heterocycles. The van der Waals surface area contributed by atoms with Gasteiger partial charge < -0.3 is 15.3 Å². The maximum absolute atomic E-state index is 10.1. The van der Waals surface area contributed by atoms with Crippen LogP contribution < -0.4 is 5.32 Å². The maximum atomic E-state index is 10.1. The molecule has 1 aromatic carbocycles. The van der Waals surface area contributed by atoms with Gasteiger partial charge in [-0.1, -0.05) is 32.0 Å². The van der Waals surface area contributed by atoms with Gasteiger partial charge in [0.1, 0.15) is 0 Å². The molecular formula is C16H28N2O. The molecule has 1 atom stereocenters. The van der Waals surface area contributed by atoms with Gasteiger partial charge in [-0.05, 0) is 43.6 Å². The quantitative estimate of drug-likeness (QED) is 0.707. The smallest absolute Gasteiger partial charge is 0.0914 e. The van der Waals surface area contributed by atoms with Crippen LogP contribution >= 0.6 is 0 Å². The predicted molar refractivity (Wildman–Crippen MR) is 81.5 cm³/mol. The number of aryl methyl sites for hydroxylation is 2. The van der Waals surface area contributed by atoms with Crippen molar-refractivity contribution in [3.8, 4) is 0 Å². The van der Waals surface area contributed by atoms with Crippen LogP contribution in [0.1, 0.15) is 36.6 Å². The second kappa shape index (κ2) is 8.31. The summed E-state index contributed by atoms with van der Waals surface area (Å²) in [6, 6.07) is 6.16. The van der Waals surface area contributed by atoms with E-state index in [-0.39, 0.29) is 0 Å². The summed E-state index contributed by atoms with van der Waals surface area (Å²) in [6.45, 7) is 13.3. The molecule has 1 unspecified atom stereocenters. The summed E-state index contributed by atoms with van der Waals surface area (Å²) in [5.74, 6) is 0. The van der Waals surface area contributed by atoms with Crippen LogP contribution in [0.15, 0.2) is 18.2 Å². The van der Waals surface area contributed by atoms with E-state index in [1.807, 2.05) is 6.07 Å². The van der Waals surface area contributed by atoms with E-state index < -0.39 is 6.10 Å². The summed E-state index contributed by atoms with van der Waals surface area (Å²) in [6.07, 6.45) is -0.420. The molecule has 0 spiro atoms. The first-order valence-electron chi connectivity index (χ1n) is 7.26. The van der Waals surface area contributed by atoms with Crippen molar-refractivity contribution in [3.05, 3.63) is 34.9 Å². The number of benzene rings is 1. The Kier molecular flexibility index (Phi) is 7.06. The van der Waals surface area contributed by atoms with Gasteiger partial charge in [0.25, 0.3) is 0 Å². The third-order valence-electron chi connectivity index (χ3n) is 3.75. The fourth-order valence-electron chi connectivity index (χ4n) is 2.11. The molecule has 0 heterocycles. The van der Waals surface area contributed by atoms with E-state index in [0.29, 0.717) is 6.54 Å². The Bertz CT molecular complexity index is 375. The number of aliphatic hydroxyl groups excluding tert-OH is 1. The van der Waals surface area contributed by atoms with Crippen molar-refractivity contribution >= 4 is 0 Å². The number of likely N-dealkylation sites (N-methyl/N-ethyl adjacent to an activating group) is 1. The highest BCUT2D eigenvalue weighted by Crippen LogP contribution is 2.16. The van der Waals surface area contributed by atoms with Crippen LogP contribution in [0.2, 0.25) is 0 Å². The van der Waals surface area contributed by atoms with Gasteiger partial charge in [0, 0.05) is 19.6 Å². The lowest BCUT2D eigenvalue weighted by Crippen LogP contribution is -2.33. The monoisotopic (exact) mass is 264 g/mol. The number of hydrogen-bond acceptors (Lipinski definition) is 3. The standard InChI is InChI=1S/C16H28N2O/c1-5-18(6-2)10-9-17-12-16(19)15-8-7-13(3)14(4)11-15/h7-8,11,16-17,19H,5-6,9-10,12H2,1-4H3. The third-order valence-corrected chi connectivity index (χ3v) is 3.75. The average Bonchev–Trinajstić information content (AvgIpc) is 2.42. The van der Waals surface area contributed by atoms with Crippen molar-refractivity contribution in [1.82, 2.24) is 10.2 Å². The van der Waals surface area contributed by atoms with E-state index in [9.17, 15) is 5.11 Å². The highest BCUT2D eigenvalue weighted by molar-refractivity contribution is 5.31. The van der Waals surface area contributed by atoms with Gasteiger partial charge in [0.05, 0.1) is 6.10 Å². The normalized spacial score (nSPS) is 12.9. The minimum atomic E-state index is -0.420. The molecule has 0 saturated carbocycles. The first kappa shape index (κ1) is 16.2. The number of nitrogens with one attached hydrogen (secondary N) is 1. The second-order valence-electron chi connectivity index (χ2n) is 5.09. The first-order valence-corrected chi connectivity index (χ1v) is 7.26. The minimum absolute atomic E-state index is 0.420. The van der Waals surface area contributed by atoms with E-state index in [1.165, 1.54) is 11.1 Å². The topological polar surface area (TPSA) is 35.5 Å². The van der Waals surface area contributed by atoms with Crippen molar-refractivity contribution in [3.63, 3.8) is 0 Å². The zero-order valence-corrected chi connectivity index (χ0v) is 12.7. The lowest BCUT2D eigenvalue weighted by Gasteiger charge is -2.19. The minimum Gasteiger partial charge on any atom is -0.387 e. The summed E-state index contributed by atoms with van der Waals surface area (Å²) in [4.78, 5) is 2.37. The number of hydrogen-bond donors (Lipinski definition) is 2. The van der Waals surface area contributed by atoms with E-state index in [0.717, 1.165) is 31.7 Å². The third kappa shape index (κ3) is 5.31. The van der Waals surface area contributed by atoms with Crippen molar-refractivity contribution < 1.29 is 5.11 Å². The second-order valence-corrected chi connectivity index (χ2v) is 5.09. The van der Waals surface area contributed by atoms with Crippen molar-refractivity contribution in [1.29, 1.82) is 0 Å². The van der Waals surface area contributed by atoms with Crippen LogP contribution in [-0.4, -0.2) is 42.7 Å². The zero-order chi connectivity index (χ0) is 14.3. The van der Waals surface area contributed by atoms with Gasteiger partial charge in [-0.15, -0.1) is 0 Å². The van der Waals surface area contributed by atoms with Crippen molar-refractivity contribution in [2.24, 2.45) is 0 Å². The van der Waals surface area contributed by atoms with Crippen LogP contribution in [0.4, 0.5) is 0 Å². The van der Waals surface area contributed by atoms with E-state index in [4.69, 9.17) is 0 Å². The van der Waals surface area contributed by atoms with Crippen molar-refractivity contribution in [2.75, 3.05) is 32.7 Å². The molecule has 0 aliphatic carbocycles. The lowest BCUT2D eigenvalue weighted by atomic mass is 10.0. The fraction of sp³-hybridized carbons (Fsp3) is 0.625. The Morgan fingerprint density at radius 2 is 1.84 bits per heavy atom. The summed E-state index contributed by atoms with van der Waals surface area (Å²) in [7, 11) is 0. The molecule has 0 aliphatic heterocycles. The van der Waals surface area contributed by atoms with Gasteiger partial charge in [-0.2, -0.15) is 0 Å². The van der Waals surface area contributed by atoms with E-state index in [2.05, 4.69) is 50.0 Å². The van der Waals surface area contributed by atoms with E-state index >= 15 is 0 Å². The Labute approximate surface area is 117 Å². The highest BCUT2D eigenvalue weighted by Gasteiger charge is 2.08. The maximum Gasteiger partial charge on any atom is 0.0914 e. The SMILES string of the molecule is CCN(CC)CCNCC(O)c1ccc(C)c(C)c1. The van der Waals surface area contributed by atoms with Crippen LogP contribution in [0.3, 0.4) is 0 Å². The van der Waals surface area contributed by atoms with Crippen LogP contribution in [0.5, 0.6) is 0 Å². The molecular weight excluding hydrogens is 236 g/mol. The fourth-order valence-corrected chi connectivity index (χ4v) is 2.11. The van der Waals surface area contributed by atoms with Gasteiger partial charge >= 0.3 is 0 Å². The number of aliphatic hydroxyl groups is 1. The summed E-state index contributed by atoms with van der Waals surface area (Å²) in [5.41, 5.74) is 3.50. The average molecular weight is 264 g/mol. The molecule has 108 valence electrons. The Hall–Kier alpha value is -0.900.